The van der Waals surface area contributed by atoms with E-state index in [1.807, 2.05) is 4.68 Å². The fourth-order valence-electron chi connectivity index (χ4n) is 2.93. The van der Waals surface area contributed by atoms with Gasteiger partial charge in [0.25, 0.3) is 0 Å². The molecule has 0 aliphatic heterocycles. The Morgan fingerprint density at radius 2 is 1.09 bits per heavy atom. The first-order valence-corrected chi connectivity index (χ1v) is 9.64. The fourth-order valence-corrected chi connectivity index (χ4v) is 2.93. The van der Waals surface area contributed by atoms with Crippen molar-refractivity contribution in [2.45, 2.75) is 110 Å². The summed E-state index contributed by atoms with van der Waals surface area (Å²) >= 11 is 0. The quantitative estimate of drug-likeness (QED) is 0.376. The number of aromatic nitrogens is 4. The van der Waals surface area contributed by atoms with Crippen LogP contribution in [0.2, 0.25) is 0 Å². The average Bonchev–Trinajstić information content (AvgIpc) is 3.04. The van der Waals surface area contributed by atoms with Gasteiger partial charge in [0.2, 0.25) is 0 Å². The van der Waals surface area contributed by atoms with Crippen molar-refractivity contribution < 1.29 is 0 Å². The van der Waals surface area contributed by atoms with Gasteiger partial charge in [-0.15, -0.1) is 5.10 Å². The minimum atomic E-state index is 0.964. The Labute approximate surface area is 137 Å². The highest BCUT2D eigenvalue weighted by molar-refractivity contribution is 4.51. The van der Waals surface area contributed by atoms with Gasteiger partial charge in [0, 0.05) is 6.54 Å². The molecule has 0 saturated heterocycles. The number of nitrogens with zero attached hydrogens (tertiary/aromatic N) is 4. The van der Waals surface area contributed by atoms with Crippen LogP contribution in [0.25, 0.3) is 0 Å². The van der Waals surface area contributed by atoms with Crippen LogP contribution in [-0.4, -0.2) is 20.2 Å². The number of aryl methyl sites for hydroxylation is 1. The minimum absolute atomic E-state index is 0.964. The van der Waals surface area contributed by atoms with Crippen LogP contribution in [0.3, 0.4) is 0 Å². The monoisotopic (exact) mass is 308 g/mol. The molecule has 0 bridgehead atoms. The van der Waals surface area contributed by atoms with Gasteiger partial charge in [-0.05, 0) is 16.8 Å². The van der Waals surface area contributed by atoms with E-state index in [0.717, 1.165) is 6.54 Å². The minimum Gasteiger partial charge on any atom is -0.233 e. The maximum Gasteiger partial charge on any atom is 0.138 e. The summed E-state index contributed by atoms with van der Waals surface area (Å²) in [5, 5.41) is 11.2. The van der Waals surface area contributed by atoms with Crippen molar-refractivity contribution in [2.75, 3.05) is 0 Å². The van der Waals surface area contributed by atoms with E-state index in [4.69, 9.17) is 0 Å². The van der Waals surface area contributed by atoms with Gasteiger partial charge in [0.1, 0.15) is 6.33 Å². The normalized spacial score (nSPS) is 11.1. The standard InChI is InChI=1S/C18H36N4/c1-2-3-4-5-6-7-8-9-10-11-12-13-14-15-16-17-22-18-19-20-21-22/h18H,2-17H2,1H3. The summed E-state index contributed by atoms with van der Waals surface area (Å²) in [6.45, 7) is 3.25. The van der Waals surface area contributed by atoms with Crippen LogP contribution in [0.15, 0.2) is 6.33 Å². The lowest BCUT2D eigenvalue weighted by Gasteiger charge is -2.03. The first kappa shape index (κ1) is 19.1. The molecule has 0 saturated carbocycles. The predicted octanol–water partition coefficient (Wildman–Crippen LogP) is 5.54. The largest absolute Gasteiger partial charge is 0.233 e. The molecule has 1 rings (SSSR count). The van der Waals surface area contributed by atoms with Gasteiger partial charge in [-0.25, -0.2) is 4.68 Å². The van der Waals surface area contributed by atoms with Crippen LogP contribution in [0.1, 0.15) is 103 Å². The van der Waals surface area contributed by atoms with Crippen molar-refractivity contribution in [1.82, 2.24) is 20.2 Å². The molecular formula is C18H36N4. The third kappa shape index (κ3) is 11.7. The third-order valence-corrected chi connectivity index (χ3v) is 4.38. The number of tetrazole rings is 1. The SMILES string of the molecule is CCCCCCCCCCCCCCCCCn1cnnn1. The van der Waals surface area contributed by atoms with Gasteiger partial charge in [0.15, 0.2) is 0 Å². The second-order valence-corrected chi connectivity index (χ2v) is 6.52. The van der Waals surface area contributed by atoms with Gasteiger partial charge < -0.3 is 0 Å². The van der Waals surface area contributed by atoms with Crippen LogP contribution in [-0.2, 0) is 6.54 Å². The Morgan fingerprint density at radius 3 is 1.50 bits per heavy atom. The highest BCUT2D eigenvalue weighted by Crippen LogP contribution is 2.13. The lowest BCUT2D eigenvalue weighted by Crippen LogP contribution is -1.98. The van der Waals surface area contributed by atoms with E-state index in [1.54, 1.807) is 6.33 Å². The molecular weight excluding hydrogens is 272 g/mol. The molecule has 0 aliphatic carbocycles. The van der Waals surface area contributed by atoms with E-state index >= 15 is 0 Å². The van der Waals surface area contributed by atoms with Crippen molar-refractivity contribution in [3.63, 3.8) is 0 Å². The summed E-state index contributed by atoms with van der Waals surface area (Å²) in [5.74, 6) is 0. The molecule has 0 unspecified atom stereocenters. The van der Waals surface area contributed by atoms with Crippen molar-refractivity contribution in [3.8, 4) is 0 Å². The Hall–Kier alpha value is -0.930. The second-order valence-electron chi connectivity index (χ2n) is 6.52. The zero-order valence-corrected chi connectivity index (χ0v) is 14.7. The summed E-state index contributed by atoms with van der Waals surface area (Å²) in [7, 11) is 0. The van der Waals surface area contributed by atoms with E-state index in [-0.39, 0.29) is 0 Å². The second kappa shape index (κ2) is 15.0. The van der Waals surface area contributed by atoms with Gasteiger partial charge >= 0.3 is 0 Å². The van der Waals surface area contributed by atoms with Gasteiger partial charge in [-0.1, -0.05) is 96.8 Å². The van der Waals surface area contributed by atoms with Crippen LogP contribution in [0.4, 0.5) is 0 Å². The molecule has 4 heteroatoms. The number of rotatable bonds is 16. The summed E-state index contributed by atoms with van der Waals surface area (Å²) in [5.41, 5.74) is 0. The summed E-state index contributed by atoms with van der Waals surface area (Å²) in [6.07, 6.45) is 22.8. The highest BCUT2D eigenvalue weighted by Gasteiger charge is 1.95. The molecule has 0 spiro atoms. The molecule has 0 fully saturated rings. The molecule has 1 aromatic rings. The van der Waals surface area contributed by atoms with Gasteiger partial charge in [0.05, 0.1) is 0 Å². The predicted molar refractivity (Wildman–Crippen MR) is 92.7 cm³/mol. The smallest absolute Gasteiger partial charge is 0.138 e. The molecule has 22 heavy (non-hydrogen) atoms. The van der Waals surface area contributed by atoms with Crippen LogP contribution in [0.5, 0.6) is 0 Å². The summed E-state index contributed by atoms with van der Waals surface area (Å²) < 4.78 is 1.82. The Morgan fingerprint density at radius 1 is 0.636 bits per heavy atom. The van der Waals surface area contributed by atoms with Crippen molar-refractivity contribution in [1.29, 1.82) is 0 Å². The van der Waals surface area contributed by atoms with E-state index in [2.05, 4.69) is 22.4 Å². The van der Waals surface area contributed by atoms with Crippen LogP contribution >= 0.6 is 0 Å². The number of unbranched alkanes of at least 4 members (excludes halogenated alkanes) is 14. The summed E-state index contributed by atoms with van der Waals surface area (Å²) in [6, 6.07) is 0. The maximum absolute atomic E-state index is 3.88. The Balaban J connectivity index is 1.68. The van der Waals surface area contributed by atoms with Crippen molar-refractivity contribution >= 4 is 0 Å². The van der Waals surface area contributed by atoms with Crippen molar-refractivity contribution in [3.05, 3.63) is 6.33 Å². The van der Waals surface area contributed by atoms with Gasteiger partial charge in [-0.3, -0.25) is 0 Å². The topological polar surface area (TPSA) is 43.6 Å². The lowest BCUT2D eigenvalue weighted by molar-refractivity contribution is 0.504. The molecule has 0 amide bonds. The molecule has 0 aliphatic rings. The number of hydrogen-bond acceptors (Lipinski definition) is 3. The van der Waals surface area contributed by atoms with E-state index in [1.165, 1.54) is 96.3 Å². The molecule has 0 aromatic carbocycles. The molecule has 0 atom stereocenters. The molecule has 0 radical (unpaired) electrons. The first-order valence-electron chi connectivity index (χ1n) is 9.64. The van der Waals surface area contributed by atoms with E-state index in [9.17, 15) is 0 Å². The van der Waals surface area contributed by atoms with E-state index < -0.39 is 0 Å². The molecule has 1 aromatic heterocycles. The van der Waals surface area contributed by atoms with Crippen molar-refractivity contribution in [2.24, 2.45) is 0 Å². The third-order valence-electron chi connectivity index (χ3n) is 4.38. The maximum atomic E-state index is 3.88. The molecule has 0 N–H and O–H groups in total. The highest BCUT2D eigenvalue weighted by atomic mass is 15.5. The fraction of sp³-hybridized carbons (Fsp3) is 0.944. The van der Waals surface area contributed by atoms with Crippen LogP contribution < -0.4 is 0 Å². The molecule has 4 nitrogen and oxygen atoms in total. The van der Waals surface area contributed by atoms with E-state index in [0.29, 0.717) is 0 Å². The Kier molecular flexibility index (Phi) is 13.0. The van der Waals surface area contributed by atoms with Crippen LogP contribution in [0, 0.1) is 0 Å². The summed E-state index contributed by atoms with van der Waals surface area (Å²) in [4.78, 5) is 0. The zero-order valence-electron chi connectivity index (χ0n) is 14.7. The lowest BCUT2D eigenvalue weighted by atomic mass is 10.0. The number of hydrogen-bond donors (Lipinski definition) is 0. The Bertz CT molecular complexity index is 311. The first-order chi connectivity index (χ1) is 10.9. The van der Waals surface area contributed by atoms with Gasteiger partial charge in [-0.2, -0.15) is 0 Å². The zero-order chi connectivity index (χ0) is 15.7. The molecule has 128 valence electrons. The average molecular weight is 309 g/mol. The molecule has 1 heterocycles.